The zero-order chi connectivity index (χ0) is 14.1. The lowest BCUT2D eigenvalue weighted by Crippen LogP contribution is -2.11. The van der Waals surface area contributed by atoms with Crippen LogP contribution < -0.4 is 5.32 Å². The van der Waals surface area contributed by atoms with Gasteiger partial charge in [-0.1, -0.05) is 11.6 Å². The second kappa shape index (κ2) is 5.26. The summed E-state index contributed by atoms with van der Waals surface area (Å²) in [5.74, 6) is -0.193. The maximum Gasteiger partial charge on any atom is 0.255 e. The number of carbonyl (C=O) groups excluding carboxylic acids is 1. The van der Waals surface area contributed by atoms with E-state index < -0.39 is 0 Å². The van der Waals surface area contributed by atoms with Crippen molar-refractivity contribution in [3.05, 3.63) is 57.7 Å². The molecule has 2 aromatic carbocycles. The van der Waals surface area contributed by atoms with Crippen LogP contribution in [-0.4, -0.2) is 16.1 Å². The summed E-state index contributed by atoms with van der Waals surface area (Å²) in [5.41, 5.74) is 2.11. The highest BCUT2D eigenvalue weighted by Gasteiger charge is 2.08. The molecule has 0 saturated carbocycles. The average molecular weight is 351 g/mol. The van der Waals surface area contributed by atoms with E-state index in [1.807, 2.05) is 18.2 Å². The summed E-state index contributed by atoms with van der Waals surface area (Å²) >= 11 is 9.21. The van der Waals surface area contributed by atoms with Crippen molar-refractivity contribution in [2.75, 3.05) is 5.32 Å². The summed E-state index contributed by atoms with van der Waals surface area (Å²) in [6.07, 6.45) is 1.73. The molecule has 0 saturated heterocycles. The van der Waals surface area contributed by atoms with Crippen molar-refractivity contribution >= 4 is 50.0 Å². The molecular formula is C14H9BrClN3O. The van der Waals surface area contributed by atoms with Crippen LogP contribution in [0.5, 0.6) is 0 Å². The summed E-state index contributed by atoms with van der Waals surface area (Å²) in [6.45, 7) is 0. The Bertz CT molecular complexity index is 800. The molecule has 1 amide bonds. The van der Waals surface area contributed by atoms with Gasteiger partial charge in [-0.05, 0) is 52.3 Å². The molecule has 0 radical (unpaired) electrons. The van der Waals surface area contributed by atoms with Crippen LogP contribution in [-0.2, 0) is 0 Å². The van der Waals surface area contributed by atoms with Gasteiger partial charge < -0.3 is 5.32 Å². The first-order valence-electron chi connectivity index (χ1n) is 5.83. The summed E-state index contributed by atoms with van der Waals surface area (Å²) in [5, 5.41) is 11.2. The summed E-state index contributed by atoms with van der Waals surface area (Å²) in [6, 6.07) is 10.6. The van der Waals surface area contributed by atoms with Crippen molar-refractivity contribution < 1.29 is 4.79 Å². The predicted molar refractivity (Wildman–Crippen MR) is 83.2 cm³/mol. The Labute approximate surface area is 128 Å². The van der Waals surface area contributed by atoms with Gasteiger partial charge in [-0.3, -0.25) is 9.89 Å². The zero-order valence-electron chi connectivity index (χ0n) is 10.2. The fourth-order valence-corrected chi connectivity index (χ4v) is 2.35. The number of halogens is 2. The Kier molecular flexibility index (Phi) is 3.46. The van der Waals surface area contributed by atoms with Gasteiger partial charge in [-0.2, -0.15) is 5.10 Å². The molecule has 0 bridgehead atoms. The standard InChI is InChI=1S/C14H9BrClN3O/c15-11-5-8(2-4-12(11)16)14(20)18-10-3-1-9-7-17-19-13(9)6-10/h1-7H,(H,17,19)(H,18,20). The van der Waals surface area contributed by atoms with Crippen LogP contribution in [0.25, 0.3) is 10.9 Å². The van der Waals surface area contributed by atoms with E-state index in [0.717, 1.165) is 10.9 Å². The van der Waals surface area contributed by atoms with Crippen LogP contribution in [0, 0.1) is 0 Å². The highest BCUT2D eigenvalue weighted by molar-refractivity contribution is 9.10. The minimum absolute atomic E-state index is 0.193. The van der Waals surface area contributed by atoms with Gasteiger partial charge in [0.05, 0.1) is 16.7 Å². The van der Waals surface area contributed by atoms with E-state index in [9.17, 15) is 4.79 Å². The first-order valence-corrected chi connectivity index (χ1v) is 7.00. The van der Waals surface area contributed by atoms with E-state index in [0.29, 0.717) is 20.7 Å². The van der Waals surface area contributed by atoms with Crippen LogP contribution in [0.3, 0.4) is 0 Å². The molecule has 3 aromatic rings. The van der Waals surface area contributed by atoms with Crippen LogP contribution in [0.2, 0.25) is 5.02 Å². The average Bonchev–Trinajstić information content (AvgIpc) is 2.89. The molecule has 1 aromatic heterocycles. The number of aromatic amines is 1. The van der Waals surface area contributed by atoms with Gasteiger partial charge in [0.1, 0.15) is 0 Å². The van der Waals surface area contributed by atoms with E-state index >= 15 is 0 Å². The monoisotopic (exact) mass is 349 g/mol. The van der Waals surface area contributed by atoms with Crippen LogP contribution in [0.1, 0.15) is 10.4 Å². The number of nitrogens with zero attached hydrogens (tertiary/aromatic N) is 1. The molecule has 6 heteroatoms. The molecule has 0 aliphatic carbocycles. The number of anilines is 1. The molecule has 0 aliphatic heterocycles. The van der Waals surface area contributed by atoms with E-state index in [-0.39, 0.29) is 5.91 Å². The molecule has 2 N–H and O–H groups in total. The van der Waals surface area contributed by atoms with Crippen LogP contribution in [0.4, 0.5) is 5.69 Å². The molecule has 0 fully saturated rings. The Hall–Kier alpha value is -1.85. The first-order chi connectivity index (χ1) is 9.63. The molecule has 1 heterocycles. The van der Waals surface area contributed by atoms with Crippen LogP contribution >= 0.6 is 27.5 Å². The maximum atomic E-state index is 12.2. The molecule has 4 nitrogen and oxygen atoms in total. The number of hydrogen-bond acceptors (Lipinski definition) is 2. The molecule has 100 valence electrons. The summed E-state index contributed by atoms with van der Waals surface area (Å²) < 4.78 is 0.691. The molecule has 0 aliphatic rings. The molecule has 20 heavy (non-hydrogen) atoms. The maximum absolute atomic E-state index is 12.2. The van der Waals surface area contributed by atoms with Crippen molar-refractivity contribution in [2.24, 2.45) is 0 Å². The fourth-order valence-electron chi connectivity index (χ4n) is 1.86. The van der Waals surface area contributed by atoms with E-state index in [4.69, 9.17) is 11.6 Å². The van der Waals surface area contributed by atoms with Crippen molar-refractivity contribution in [3.8, 4) is 0 Å². The zero-order valence-corrected chi connectivity index (χ0v) is 12.5. The Morgan fingerprint density at radius 2 is 2.10 bits per heavy atom. The summed E-state index contributed by atoms with van der Waals surface area (Å²) in [4.78, 5) is 12.2. The lowest BCUT2D eigenvalue weighted by molar-refractivity contribution is 0.102. The molecule has 3 rings (SSSR count). The van der Waals surface area contributed by atoms with E-state index in [2.05, 4.69) is 31.4 Å². The Morgan fingerprint density at radius 1 is 1.25 bits per heavy atom. The number of amides is 1. The molecular weight excluding hydrogens is 342 g/mol. The van der Waals surface area contributed by atoms with Crippen molar-refractivity contribution in [2.45, 2.75) is 0 Å². The van der Waals surface area contributed by atoms with Gasteiger partial charge in [0.15, 0.2) is 0 Å². The smallest absolute Gasteiger partial charge is 0.255 e. The second-order valence-corrected chi connectivity index (χ2v) is 5.52. The highest BCUT2D eigenvalue weighted by atomic mass is 79.9. The number of aromatic nitrogens is 2. The van der Waals surface area contributed by atoms with Gasteiger partial charge in [0.2, 0.25) is 0 Å². The predicted octanol–water partition coefficient (Wildman–Crippen LogP) is 4.23. The third-order valence-electron chi connectivity index (χ3n) is 2.88. The minimum atomic E-state index is -0.193. The number of nitrogens with one attached hydrogen (secondary N) is 2. The third kappa shape index (κ3) is 2.55. The Balaban J connectivity index is 1.85. The molecule has 0 spiro atoms. The quantitative estimate of drug-likeness (QED) is 0.726. The normalized spacial score (nSPS) is 10.7. The number of carbonyl (C=O) groups is 1. The first kappa shape index (κ1) is 13.1. The van der Waals surface area contributed by atoms with Crippen LogP contribution in [0.15, 0.2) is 47.1 Å². The second-order valence-electron chi connectivity index (χ2n) is 4.26. The molecule has 0 unspecified atom stereocenters. The summed E-state index contributed by atoms with van der Waals surface area (Å²) in [7, 11) is 0. The number of benzene rings is 2. The third-order valence-corrected chi connectivity index (χ3v) is 4.10. The highest BCUT2D eigenvalue weighted by Crippen LogP contribution is 2.24. The SMILES string of the molecule is O=C(Nc1ccc2cn[nH]c2c1)c1ccc(Cl)c(Br)c1. The van der Waals surface area contributed by atoms with E-state index in [1.54, 1.807) is 24.4 Å². The van der Waals surface area contributed by atoms with E-state index in [1.165, 1.54) is 0 Å². The number of rotatable bonds is 2. The van der Waals surface area contributed by atoms with Gasteiger partial charge in [-0.15, -0.1) is 0 Å². The lowest BCUT2D eigenvalue weighted by atomic mass is 10.2. The minimum Gasteiger partial charge on any atom is -0.322 e. The number of hydrogen-bond donors (Lipinski definition) is 2. The van der Waals surface area contributed by atoms with Crippen molar-refractivity contribution in [1.82, 2.24) is 10.2 Å². The topological polar surface area (TPSA) is 57.8 Å². The van der Waals surface area contributed by atoms with Gasteiger partial charge in [0.25, 0.3) is 5.91 Å². The largest absolute Gasteiger partial charge is 0.322 e. The Morgan fingerprint density at radius 3 is 2.90 bits per heavy atom. The van der Waals surface area contributed by atoms with Gasteiger partial charge in [0, 0.05) is 21.1 Å². The van der Waals surface area contributed by atoms with Gasteiger partial charge >= 0.3 is 0 Å². The van der Waals surface area contributed by atoms with Gasteiger partial charge in [-0.25, -0.2) is 0 Å². The van der Waals surface area contributed by atoms with Crippen molar-refractivity contribution in [1.29, 1.82) is 0 Å². The molecule has 0 atom stereocenters. The number of H-pyrrole nitrogens is 1. The number of fused-ring (bicyclic) bond motifs is 1. The lowest BCUT2D eigenvalue weighted by Gasteiger charge is -2.06. The van der Waals surface area contributed by atoms with Crippen molar-refractivity contribution in [3.63, 3.8) is 0 Å². The fraction of sp³-hybridized carbons (Fsp3) is 0.